The van der Waals surface area contributed by atoms with Gasteiger partial charge in [0, 0.05) is 33.2 Å². The molecule has 0 bridgehead atoms. The molecular formula is C15H18FN5O3S3. The molecule has 0 saturated carbocycles. The van der Waals surface area contributed by atoms with Gasteiger partial charge in [-0.15, -0.1) is 10.2 Å². The quantitative estimate of drug-likeness (QED) is 0.690. The van der Waals surface area contributed by atoms with Crippen molar-refractivity contribution >= 4 is 44.2 Å². The molecule has 3 rings (SSSR count). The third-order valence-electron chi connectivity index (χ3n) is 3.99. The highest BCUT2D eigenvalue weighted by Crippen LogP contribution is 2.26. The van der Waals surface area contributed by atoms with E-state index in [-0.39, 0.29) is 42.7 Å². The van der Waals surface area contributed by atoms with Gasteiger partial charge in [0.2, 0.25) is 21.1 Å². The molecule has 0 aliphatic carbocycles. The lowest BCUT2D eigenvalue weighted by atomic mass is 10.3. The van der Waals surface area contributed by atoms with E-state index in [2.05, 4.69) is 15.5 Å². The smallest absolute Gasteiger partial charge is 0.246 e. The van der Waals surface area contributed by atoms with Crippen molar-refractivity contribution in [2.75, 3.05) is 44.3 Å². The van der Waals surface area contributed by atoms with Crippen LogP contribution in [0.15, 0.2) is 33.5 Å². The first-order chi connectivity index (χ1) is 12.9. The van der Waals surface area contributed by atoms with Crippen molar-refractivity contribution in [3.8, 4) is 0 Å². The van der Waals surface area contributed by atoms with Gasteiger partial charge >= 0.3 is 0 Å². The number of carbonyl (C=O) groups is 1. The van der Waals surface area contributed by atoms with Crippen molar-refractivity contribution in [1.29, 1.82) is 0 Å². The number of piperazine rings is 1. The highest BCUT2D eigenvalue weighted by molar-refractivity contribution is 8.01. The Kier molecular flexibility index (Phi) is 6.29. The second-order valence-corrected chi connectivity index (χ2v) is 9.73. The van der Waals surface area contributed by atoms with Gasteiger partial charge in [-0.05, 0) is 12.1 Å². The van der Waals surface area contributed by atoms with Gasteiger partial charge in [-0.3, -0.25) is 4.79 Å². The fourth-order valence-electron chi connectivity index (χ4n) is 2.55. The topological polar surface area (TPSA) is 95.5 Å². The molecule has 0 atom stereocenters. The molecule has 146 valence electrons. The number of sulfonamides is 1. The normalized spacial score (nSPS) is 15.7. The molecule has 1 aromatic carbocycles. The molecule has 1 amide bonds. The van der Waals surface area contributed by atoms with Gasteiger partial charge in [0.05, 0.1) is 5.75 Å². The van der Waals surface area contributed by atoms with Gasteiger partial charge in [0.15, 0.2) is 4.34 Å². The second kappa shape index (κ2) is 8.50. The molecule has 0 spiro atoms. The summed E-state index contributed by atoms with van der Waals surface area (Å²) < 4.78 is 40.9. The minimum atomic E-state index is -3.91. The van der Waals surface area contributed by atoms with Gasteiger partial charge in [-0.2, -0.15) is 4.31 Å². The summed E-state index contributed by atoms with van der Waals surface area (Å²) in [4.78, 5) is 13.6. The highest BCUT2D eigenvalue weighted by Gasteiger charge is 2.31. The molecule has 12 heteroatoms. The van der Waals surface area contributed by atoms with Gasteiger partial charge in [0.1, 0.15) is 10.7 Å². The molecular weight excluding hydrogens is 413 g/mol. The number of anilines is 1. The minimum absolute atomic E-state index is 0.0934. The van der Waals surface area contributed by atoms with Crippen LogP contribution in [0.5, 0.6) is 0 Å². The molecule has 27 heavy (non-hydrogen) atoms. The summed E-state index contributed by atoms with van der Waals surface area (Å²) in [6, 6.07) is 5.30. The second-order valence-electron chi connectivity index (χ2n) is 5.63. The van der Waals surface area contributed by atoms with Crippen molar-refractivity contribution in [3.63, 3.8) is 0 Å². The van der Waals surface area contributed by atoms with E-state index in [4.69, 9.17) is 0 Å². The number of hydrogen-bond donors (Lipinski definition) is 1. The summed E-state index contributed by atoms with van der Waals surface area (Å²) in [5.74, 6) is -0.659. The summed E-state index contributed by atoms with van der Waals surface area (Å²) in [5, 5.41) is 11.4. The van der Waals surface area contributed by atoms with Crippen molar-refractivity contribution < 1.29 is 17.6 Å². The summed E-state index contributed by atoms with van der Waals surface area (Å²) in [6.45, 7) is 0.807. The summed E-state index contributed by atoms with van der Waals surface area (Å²) in [7, 11) is -2.16. The Labute approximate surface area is 164 Å². The van der Waals surface area contributed by atoms with E-state index >= 15 is 0 Å². The number of aromatic nitrogens is 2. The predicted molar refractivity (Wildman–Crippen MR) is 102 cm³/mol. The van der Waals surface area contributed by atoms with Crippen LogP contribution in [0, 0.1) is 5.82 Å². The third kappa shape index (κ3) is 4.57. The first kappa shape index (κ1) is 20.0. The van der Waals surface area contributed by atoms with Crippen LogP contribution >= 0.6 is 23.1 Å². The lowest BCUT2D eigenvalue weighted by molar-refractivity contribution is -0.129. The molecule has 2 aromatic rings. The first-order valence-electron chi connectivity index (χ1n) is 8.08. The Morgan fingerprint density at radius 2 is 1.96 bits per heavy atom. The molecule has 1 aliphatic heterocycles. The Hall–Kier alpha value is -1.76. The van der Waals surface area contributed by atoms with Gasteiger partial charge in [-0.25, -0.2) is 12.8 Å². The Morgan fingerprint density at radius 1 is 1.26 bits per heavy atom. The van der Waals surface area contributed by atoms with Crippen LogP contribution in [0.3, 0.4) is 0 Å². The fourth-order valence-corrected chi connectivity index (χ4v) is 5.65. The van der Waals surface area contributed by atoms with E-state index in [1.54, 1.807) is 11.9 Å². The molecule has 1 fully saturated rings. The number of amides is 1. The van der Waals surface area contributed by atoms with Crippen molar-refractivity contribution in [2.45, 2.75) is 9.24 Å². The standard InChI is InChI=1S/C15H18FN5O3S3/c1-17-14-18-19-15(26-14)25-10-13(22)20-6-8-21(9-7-20)27(23,24)12-5-3-2-4-11(12)16/h2-5H,6-10H2,1H3,(H,17,18). The van der Waals surface area contributed by atoms with E-state index in [0.717, 1.165) is 6.07 Å². The van der Waals surface area contributed by atoms with E-state index in [1.807, 2.05) is 0 Å². The maximum atomic E-state index is 13.8. The SMILES string of the molecule is CNc1nnc(SCC(=O)N2CCN(S(=O)(=O)c3ccccc3F)CC2)s1. The predicted octanol–water partition coefficient (Wildman–Crippen LogP) is 1.34. The third-order valence-corrected chi connectivity index (χ3v) is 7.98. The number of benzene rings is 1. The van der Waals surface area contributed by atoms with E-state index in [1.165, 1.54) is 45.6 Å². The molecule has 1 saturated heterocycles. The van der Waals surface area contributed by atoms with Crippen LogP contribution in [0.2, 0.25) is 0 Å². The zero-order valence-corrected chi connectivity index (χ0v) is 16.9. The van der Waals surface area contributed by atoms with Gasteiger partial charge in [-0.1, -0.05) is 35.2 Å². The maximum absolute atomic E-state index is 13.8. The average Bonchev–Trinajstić information content (AvgIpc) is 3.14. The molecule has 1 aromatic heterocycles. The van der Waals surface area contributed by atoms with Crippen LogP contribution in [0.1, 0.15) is 0 Å². The van der Waals surface area contributed by atoms with Crippen molar-refractivity contribution in [1.82, 2.24) is 19.4 Å². The Bertz CT molecular complexity index is 913. The number of nitrogens with one attached hydrogen (secondary N) is 1. The van der Waals surface area contributed by atoms with E-state index < -0.39 is 15.8 Å². The summed E-state index contributed by atoms with van der Waals surface area (Å²) in [5.41, 5.74) is 0. The molecule has 8 nitrogen and oxygen atoms in total. The van der Waals surface area contributed by atoms with Crippen LogP contribution in [-0.4, -0.2) is 72.7 Å². The number of hydrogen-bond acceptors (Lipinski definition) is 8. The van der Waals surface area contributed by atoms with Crippen LogP contribution < -0.4 is 5.32 Å². The van der Waals surface area contributed by atoms with Crippen molar-refractivity contribution in [2.24, 2.45) is 0 Å². The lowest BCUT2D eigenvalue weighted by Gasteiger charge is -2.34. The molecule has 0 unspecified atom stereocenters. The zero-order valence-electron chi connectivity index (χ0n) is 14.5. The molecule has 0 radical (unpaired) electrons. The van der Waals surface area contributed by atoms with Crippen molar-refractivity contribution in [3.05, 3.63) is 30.1 Å². The zero-order chi connectivity index (χ0) is 19.4. The molecule has 1 aliphatic rings. The van der Waals surface area contributed by atoms with Gasteiger partial charge < -0.3 is 10.2 Å². The number of nitrogens with zero attached hydrogens (tertiary/aromatic N) is 4. The fraction of sp³-hybridized carbons (Fsp3) is 0.400. The summed E-state index contributed by atoms with van der Waals surface area (Å²) in [6.07, 6.45) is 0. The number of carbonyl (C=O) groups excluding carboxylic acids is 1. The minimum Gasteiger partial charge on any atom is -0.363 e. The van der Waals surface area contributed by atoms with Crippen LogP contribution in [0.4, 0.5) is 9.52 Å². The number of thioether (sulfide) groups is 1. The maximum Gasteiger partial charge on any atom is 0.246 e. The van der Waals surface area contributed by atoms with E-state index in [0.29, 0.717) is 9.47 Å². The largest absolute Gasteiger partial charge is 0.363 e. The Balaban J connectivity index is 1.55. The number of halogens is 1. The lowest BCUT2D eigenvalue weighted by Crippen LogP contribution is -2.51. The first-order valence-corrected chi connectivity index (χ1v) is 11.3. The molecule has 2 heterocycles. The molecule has 1 N–H and O–H groups in total. The van der Waals surface area contributed by atoms with Crippen LogP contribution in [0.25, 0.3) is 0 Å². The monoisotopic (exact) mass is 431 g/mol. The highest BCUT2D eigenvalue weighted by atomic mass is 32.2. The number of rotatable bonds is 6. The van der Waals surface area contributed by atoms with Gasteiger partial charge in [0.25, 0.3) is 0 Å². The summed E-state index contributed by atoms with van der Waals surface area (Å²) >= 11 is 2.66. The van der Waals surface area contributed by atoms with Crippen LogP contribution in [-0.2, 0) is 14.8 Å². The van der Waals surface area contributed by atoms with E-state index in [9.17, 15) is 17.6 Å². The average molecular weight is 432 g/mol. The Morgan fingerprint density at radius 3 is 2.59 bits per heavy atom.